The molecule has 0 saturated heterocycles. The number of primary amides is 2. The lowest BCUT2D eigenvalue weighted by Gasteiger charge is -2.35. The Balaban J connectivity index is 2.63. The van der Waals surface area contributed by atoms with Crippen molar-refractivity contribution in [1.29, 1.82) is 0 Å². The first-order valence-electron chi connectivity index (χ1n) is 7.87. The lowest BCUT2D eigenvalue weighted by Crippen LogP contribution is -2.59. The minimum atomic E-state index is -0.587. The number of nitrogens with two attached hydrogens (primary N) is 2. The van der Waals surface area contributed by atoms with Crippen LogP contribution in [0, 0.1) is 5.92 Å². The van der Waals surface area contributed by atoms with E-state index in [0.717, 1.165) is 32.1 Å². The van der Waals surface area contributed by atoms with Crippen LogP contribution in [-0.2, 0) is 9.59 Å². The van der Waals surface area contributed by atoms with E-state index < -0.39 is 5.54 Å². The summed E-state index contributed by atoms with van der Waals surface area (Å²) >= 11 is 0. The highest BCUT2D eigenvalue weighted by Gasteiger charge is 2.47. The Morgan fingerprint density at radius 1 is 1.33 bits per heavy atom. The Hall–Kier alpha value is -1.14. The van der Waals surface area contributed by atoms with Crippen LogP contribution in [0.2, 0.25) is 0 Å². The lowest BCUT2D eigenvalue weighted by molar-refractivity contribution is -0.126. The van der Waals surface area contributed by atoms with Crippen molar-refractivity contribution in [2.45, 2.75) is 70.0 Å². The van der Waals surface area contributed by atoms with Gasteiger partial charge in [-0.15, -0.1) is 0 Å². The number of likely N-dealkylation sites (N-methyl/N-ethyl adjacent to an activating group) is 1. The van der Waals surface area contributed by atoms with Gasteiger partial charge in [0.25, 0.3) is 0 Å². The molecule has 0 heterocycles. The second-order valence-corrected chi connectivity index (χ2v) is 6.40. The van der Waals surface area contributed by atoms with Crippen LogP contribution in [0.15, 0.2) is 0 Å². The Morgan fingerprint density at radius 3 is 2.48 bits per heavy atom. The third kappa shape index (κ3) is 4.41. The molecule has 0 aromatic rings. The van der Waals surface area contributed by atoms with Crippen LogP contribution in [0.5, 0.6) is 0 Å². The van der Waals surface area contributed by atoms with Gasteiger partial charge >= 0.3 is 0 Å². The summed E-state index contributed by atoms with van der Waals surface area (Å²) in [4.78, 5) is 23.2. The van der Waals surface area contributed by atoms with Gasteiger partial charge in [-0.3, -0.25) is 9.59 Å². The maximum Gasteiger partial charge on any atom is 0.238 e. The molecule has 2 amide bonds. The fraction of sp³-hybridized carbons (Fsp3) is 0.867. The van der Waals surface area contributed by atoms with Gasteiger partial charge in [0.15, 0.2) is 0 Å². The molecule has 6 heteroatoms. The van der Waals surface area contributed by atoms with Crippen molar-refractivity contribution in [2.24, 2.45) is 17.4 Å². The molecule has 21 heavy (non-hydrogen) atoms. The molecule has 0 radical (unpaired) electrons. The zero-order valence-electron chi connectivity index (χ0n) is 13.4. The van der Waals surface area contributed by atoms with Crippen LogP contribution in [0.1, 0.15) is 52.4 Å². The van der Waals surface area contributed by atoms with Gasteiger partial charge in [-0.05, 0) is 52.5 Å². The predicted molar refractivity (Wildman–Crippen MR) is 83.4 cm³/mol. The maximum atomic E-state index is 12.0. The van der Waals surface area contributed by atoms with Crippen LogP contribution < -0.4 is 22.1 Å². The van der Waals surface area contributed by atoms with E-state index in [9.17, 15) is 9.59 Å². The minimum absolute atomic E-state index is 0.216. The molecule has 1 saturated carbocycles. The summed E-state index contributed by atoms with van der Waals surface area (Å²) in [6, 6.07) is -0.0822. The summed E-state index contributed by atoms with van der Waals surface area (Å²) < 4.78 is 0. The average molecular weight is 298 g/mol. The number of nitrogens with one attached hydrogen (secondary N) is 2. The first-order chi connectivity index (χ1) is 9.83. The zero-order chi connectivity index (χ0) is 16.0. The monoisotopic (exact) mass is 298 g/mol. The molecule has 0 aromatic heterocycles. The van der Waals surface area contributed by atoms with Gasteiger partial charge in [0, 0.05) is 6.04 Å². The number of hydrogen-bond acceptors (Lipinski definition) is 4. The van der Waals surface area contributed by atoms with Crippen LogP contribution in [0.25, 0.3) is 0 Å². The third-order valence-electron chi connectivity index (χ3n) is 4.54. The van der Waals surface area contributed by atoms with E-state index >= 15 is 0 Å². The van der Waals surface area contributed by atoms with Crippen molar-refractivity contribution in [3.05, 3.63) is 0 Å². The van der Waals surface area contributed by atoms with Gasteiger partial charge in [0.05, 0.1) is 6.04 Å². The molecule has 0 aliphatic heterocycles. The molecule has 1 aliphatic carbocycles. The quantitative estimate of drug-likeness (QED) is 0.489. The highest BCUT2D eigenvalue weighted by atomic mass is 16.2. The molecule has 6 N–H and O–H groups in total. The van der Waals surface area contributed by atoms with E-state index in [1.807, 2.05) is 13.8 Å². The molecular weight excluding hydrogens is 268 g/mol. The number of rotatable bonds is 9. The van der Waals surface area contributed by atoms with Crippen molar-refractivity contribution in [3.63, 3.8) is 0 Å². The highest BCUT2D eigenvalue weighted by Crippen LogP contribution is 2.39. The van der Waals surface area contributed by atoms with Crippen LogP contribution in [0.3, 0.4) is 0 Å². The van der Waals surface area contributed by atoms with Gasteiger partial charge in [0.2, 0.25) is 11.8 Å². The summed E-state index contributed by atoms with van der Waals surface area (Å²) in [7, 11) is 1.74. The average Bonchev–Trinajstić information content (AvgIpc) is 2.77. The van der Waals surface area contributed by atoms with E-state index in [4.69, 9.17) is 11.5 Å². The van der Waals surface area contributed by atoms with Gasteiger partial charge in [-0.25, -0.2) is 0 Å². The largest absolute Gasteiger partial charge is 0.368 e. The van der Waals surface area contributed by atoms with E-state index in [2.05, 4.69) is 10.6 Å². The molecular formula is C15H30N4O2. The fourth-order valence-corrected chi connectivity index (χ4v) is 3.57. The number of hydrogen-bond donors (Lipinski definition) is 4. The molecule has 0 bridgehead atoms. The van der Waals surface area contributed by atoms with Crippen LogP contribution >= 0.6 is 0 Å². The normalized spacial score (nSPS) is 27.0. The molecule has 1 aliphatic rings. The van der Waals surface area contributed by atoms with Crippen molar-refractivity contribution < 1.29 is 9.59 Å². The molecule has 0 spiro atoms. The summed E-state index contributed by atoms with van der Waals surface area (Å²) in [6.07, 6.45) is 5.25. The first-order valence-corrected chi connectivity index (χ1v) is 7.87. The molecule has 0 aromatic carbocycles. The molecule has 3 atom stereocenters. The maximum absolute atomic E-state index is 12.0. The van der Waals surface area contributed by atoms with Crippen LogP contribution in [-0.4, -0.2) is 36.5 Å². The Kier molecular flexibility index (Phi) is 6.61. The third-order valence-corrected chi connectivity index (χ3v) is 4.54. The second kappa shape index (κ2) is 7.75. The van der Waals surface area contributed by atoms with E-state index in [1.165, 1.54) is 0 Å². The predicted octanol–water partition coefficient (Wildman–Crippen LogP) is 0.252. The molecule has 3 unspecified atom stereocenters. The molecule has 6 nitrogen and oxygen atoms in total. The summed E-state index contributed by atoms with van der Waals surface area (Å²) in [5, 5.41) is 6.32. The second-order valence-electron chi connectivity index (χ2n) is 6.40. The van der Waals surface area contributed by atoms with Gasteiger partial charge in [-0.2, -0.15) is 0 Å². The standard InChI is InChI=1S/C15H30N4O2/c1-10(2)19-15(14(17)21)9-5-7-11(15)6-4-8-12(18-3)13(16)20/h10-12,18-19H,4-9H2,1-3H3,(H2,16,20)(H2,17,21). The van der Waals surface area contributed by atoms with E-state index in [1.54, 1.807) is 7.05 Å². The Labute approximate surface area is 127 Å². The summed E-state index contributed by atoms with van der Waals surface area (Å²) in [5.41, 5.74) is 10.4. The van der Waals surface area contributed by atoms with Crippen molar-refractivity contribution in [3.8, 4) is 0 Å². The minimum Gasteiger partial charge on any atom is -0.368 e. The van der Waals surface area contributed by atoms with Gasteiger partial charge < -0.3 is 22.1 Å². The van der Waals surface area contributed by atoms with Crippen LogP contribution in [0.4, 0.5) is 0 Å². The molecule has 1 fully saturated rings. The number of amides is 2. The Morgan fingerprint density at radius 2 is 2.00 bits per heavy atom. The lowest BCUT2D eigenvalue weighted by atomic mass is 9.82. The SMILES string of the molecule is CNC(CCCC1CCCC1(NC(C)C)C(N)=O)C(N)=O. The van der Waals surface area contributed by atoms with Crippen molar-refractivity contribution >= 4 is 11.8 Å². The fourth-order valence-electron chi connectivity index (χ4n) is 3.57. The summed E-state index contributed by atoms with van der Waals surface area (Å²) in [6.45, 7) is 4.06. The molecule has 1 rings (SSSR count). The smallest absolute Gasteiger partial charge is 0.238 e. The first kappa shape index (κ1) is 17.9. The topological polar surface area (TPSA) is 110 Å². The van der Waals surface area contributed by atoms with Gasteiger partial charge in [0.1, 0.15) is 5.54 Å². The number of carbonyl (C=O) groups is 2. The Bertz CT molecular complexity index is 373. The van der Waals surface area contributed by atoms with E-state index in [0.29, 0.717) is 6.42 Å². The molecule has 122 valence electrons. The van der Waals surface area contributed by atoms with Crippen molar-refractivity contribution in [2.75, 3.05) is 7.05 Å². The summed E-state index contributed by atoms with van der Waals surface area (Å²) in [5.74, 6) is -0.341. The van der Waals surface area contributed by atoms with E-state index in [-0.39, 0.29) is 29.8 Å². The van der Waals surface area contributed by atoms with Crippen molar-refractivity contribution in [1.82, 2.24) is 10.6 Å². The number of carbonyl (C=O) groups excluding carboxylic acids is 2. The zero-order valence-corrected chi connectivity index (χ0v) is 13.4. The highest BCUT2D eigenvalue weighted by molar-refractivity contribution is 5.85. The van der Waals surface area contributed by atoms with Gasteiger partial charge in [-0.1, -0.05) is 12.8 Å².